The summed E-state index contributed by atoms with van der Waals surface area (Å²) in [5.41, 5.74) is 3.25. The second-order valence-corrected chi connectivity index (χ2v) is 7.72. The zero-order chi connectivity index (χ0) is 21.1. The lowest BCUT2D eigenvalue weighted by atomic mass is 10.1. The predicted octanol–water partition coefficient (Wildman–Crippen LogP) is 4.63. The number of hydrogen-bond donors (Lipinski definition) is 0. The summed E-state index contributed by atoms with van der Waals surface area (Å²) >= 11 is 1.44. The first-order valence-corrected chi connectivity index (χ1v) is 10.1. The van der Waals surface area contributed by atoms with Gasteiger partial charge in [-0.25, -0.2) is 9.78 Å². The van der Waals surface area contributed by atoms with Crippen LogP contribution in [0.5, 0.6) is 0 Å². The van der Waals surface area contributed by atoms with Crippen LogP contribution in [0.1, 0.15) is 31.8 Å². The normalized spacial score (nSPS) is 10.7. The number of aromatic nitrogens is 2. The predicted molar refractivity (Wildman–Crippen MR) is 117 cm³/mol. The highest BCUT2D eigenvalue weighted by Gasteiger charge is 2.26. The van der Waals surface area contributed by atoms with E-state index in [-0.39, 0.29) is 23.6 Å². The number of aryl methyl sites for hydroxylation is 1. The minimum Gasteiger partial charge on any atom is -0.465 e. The van der Waals surface area contributed by atoms with Gasteiger partial charge in [0.25, 0.3) is 5.91 Å². The van der Waals surface area contributed by atoms with Crippen LogP contribution in [0.25, 0.3) is 10.2 Å². The van der Waals surface area contributed by atoms with Crippen LogP contribution in [0.15, 0.2) is 67.0 Å². The lowest BCUT2D eigenvalue weighted by molar-refractivity contribution is 0.0597. The molecule has 4 aromatic rings. The lowest BCUT2D eigenvalue weighted by Crippen LogP contribution is -2.31. The van der Waals surface area contributed by atoms with Gasteiger partial charge in [0.1, 0.15) is 0 Å². The van der Waals surface area contributed by atoms with Gasteiger partial charge < -0.3 is 4.74 Å². The van der Waals surface area contributed by atoms with Crippen molar-refractivity contribution in [2.24, 2.45) is 0 Å². The number of amides is 1. The van der Waals surface area contributed by atoms with Gasteiger partial charge in [-0.05, 0) is 42.3 Å². The number of thiazole rings is 1. The highest BCUT2D eigenvalue weighted by molar-refractivity contribution is 7.22. The van der Waals surface area contributed by atoms with E-state index in [9.17, 15) is 9.59 Å². The number of rotatable bonds is 5. The van der Waals surface area contributed by atoms with Gasteiger partial charge in [0.15, 0.2) is 5.13 Å². The molecule has 0 bridgehead atoms. The van der Waals surface area contributed by atoms with Crippen molar-refractivity contribution in [3.63, 3.8) is 0 Å². The Hall–Kier alpha value is -3.58. The number of benzene rings is 2. The molecule has 2 aromatic carbocycles. The SMILES string of the molecule is COC(=O)c1ccccc1C(=O)N(Cc1cccnc1)c1nc2c(C)cccc2s1. The standard InChI is InChI=1S/C23H19N3O3S/c1-15-7-5-11-19-20(15)25-23(30-19)26(14-16-8-6-12-24-13-16)21(27)17-9-3-4-10-18(17)22(28)29-2/h3-13H,14H2,1-2H3. The van der Waals surface area contributed by atoms with E-state index in [1.54, 1.807) is 41.6 Å². The van der Waals surface area contributed by atoms with Crippen LogP contribution in [-0.2, 0) is 11.3 Å². The summed E-state index contributed by atoms with van der Waals surface area (Å²) in [4.78, 5) is 36.3. The number of methoxy groups -OCH3 is 1. The number of nitrogens with zero attached hydrogens (tertiary/aromatic N) is 3. The molecule has 0 saturated heterocycles. The van der Waals surface area contributed by atoms with Crippen molar-refractivity contribution >= 4 is 38.6 Å². The van der Waals surface area contributed by atoms with Crippen molar-refractivity contribution in [3.05, 3.63) is 89.2 Å². The third kappa shape index (κ3) is 3.79. The first-order chi connectivity index (χ1) is 14.6. The summed E-state index contributed by atoms with van der Waals surface area (Å²) in [5, 5.41) is 0.563. The van der Waals surface area contributed by atoms with Crippen LogP contribution < -0.4 is 4.90 Å². The van der Waals surface area contributed by atoms with Crippen LogP contribution >= 0.6 is 11.3 Å². The third-order valence-electron chi connectivity index (χ3n) is 4.71. The maximum absolute atomic E-state index is 13.6. The van der Waals surface area contributed by atoms with Crippen molar-refractivity contribution < 1.29 is 14.3 Å². The molecule has 2 aromatic heterocycles. The number of para-hydroxylation sites is 1. The van der Waals surface area contributed by atoms with Crippen LogP contribution in [0.4, 0.5) is 5.13 Å². The van der Waals surface area contributed by atoms with E-state index in [1.165, 1.54) is 18.4 Å². The minimum atomic E-state index is -0.555. The maximum atomic E-state index is 13.6. The smallest absolute Gasteiger partial charge is 0.338 e. The average molecular weight is 417 g/mol. The summed E-state index contributed by atoms with van der Waals surface area (Å²) in [7, 11) is 1.30. The minimum absolute atomic E-state index is 0.221. The van der Waals surface area contributed by atoms with Gasteiger partial charge in [0, 0.05) is 12.4 Å². The number of carbonyl (C=O) groups excluding carboxylic acids is 2. The summed E-state index contributed by atoms with van der Waals surface area (Å²) in [6, 6.07) is 16.3. The molecule has 7 heteroatoms. The van der Waals surface area contributed by atoms with E-state index in [4.69, 9.17) is 9.72 Å². The number of esters is 1. The van der Waals surface area contributed by atoms with Gasteiger partial charge in [-0.2, -0.15) is 0 Å². The topological polar surface area (TPSA) is 72.4 Å². The summed E-state index contributed by atoms with van der Waals surface area (Å²) < 4.78 is 5.86. The third-order valence-corrected chi connectivity index (χ3v) is 5.76. The number of anilines is 1. The molecule has 1 amide bonds. The van der Waals surface area contributed by atoms with Gasteiger partial charge in [-0.3, -0.25) is 14.7 Å². The van der Waals surface area contributed by atoms with Gasteiger partial charge in [0.05, 0.1) is 35.0 Å². The molecule has 30 heavy (non-hydrogen) atoms. The number of pyridine rings is 1. The molecule has 0 aliphatic rings. The van der Waals surface area contributed by atoms with Gasteiger partial charge >= 0.3 is 5.97 Å². The zero-order valence-corrected chi connectivity index (χ0v) is 17.3. The van der Waals surface area contributed by atoms with Gasteiger partial charge in [-0.15, -0.1) is 0 Å². The Morgan fingerprint density at radius 3 is 2.53 bits per heavy atom. The molecular weight excluding hydrogens is 398 g/mol. The largest absolute Gasteiger partial charge is 0.465 e. The van der Waals surface area contributed by atoms with Crippen molar-refractivity contribution in [2.75, 3.05) is 12.0 Å². The molecule has 0 aliphatic heterocycles. The Morgan fingerprint density at radius 2 is 1.83 bits per heavy atom. The average Bonchev–Trinajstić information content (AvgIpc) is 3.22. The molecule has 150 valence electrons. The molecule has 0 atom stereocenters. The maximum Gasteiger partial charge on any atom is 0.338 e. The van der Waals surface area contributed by atoms with E-state index >= 15 is 0 Å². The second kappa shape index (κ2) is 8.42. The zero-order valence-electron chi connectivity index (χ0n) is 16.5. The summed E-state index contributed by atoms with van der Waals surface area (Å²) in [6.07, 6.45) is 3.40. The van der Waals surface area contributed by atoms with Gasteiger partial charge in [-0.1, -0.05) is 41.7 Å². The van der Waals surface area contributed by atoms with E-state index in [1.807, 2.05) is 37.3 Å². The van der Waals surface area contributed by atoms with Crippen LogP contribution in [-0.4, -0.2) is 29.0 Å². The Labute approximate surface area is 177 Å². The first kappa shape index (κ1) is 19.7. The number of ether oxygens (including phenoxy) is 1. The Morgan fingerprint density at radius 1 is 1.03 bits per heavy atom. The molecular formula is C23H19N3O3S. The molecule has 0 spiro atoms. The molecule has 0 aliphatic carbocycles. The summed E-state index contributed by atoms with van der Waals surface area (Å²) in [5.74, 6) is -0.878. The van der Waals surface area contributed by atoms with Crippen molar-refractivity contribution in [1.29, 1.82) is 0 Å². The quantitative estimate of drug-likeness (QED) is 0.443. The van der Waals surface area contributed by atoms with Crippen LogP contribution in [0.3, 0.4) is 0 Å². The van der Waals surface area contributed by atoms with E-state index in [2.05, 4.69) is 4.98 Å². The van der Waals surface area contributed by atoms with Crippen molar-refractivity contribution in [1.82, 2.24) is 9.97 Å². The van der Waals surface area contributed by atoms with Crippen LogP contribution in [0, 0.1) is 6.92 Å². The van der Waals surface area contributed by atoms with E-state index in [0.29, 0.717) is 5.13 Å². The molecule has 4 rings (SSSR count). The number of carbonyl (C=O) groups is 2. The van der Waals surface area contributed by atoms with Crippen molar-refractivity contribution in [2.45, 2.75) is 13.5 Å². The number of hydrogen-bond acceptors (Lipinski definition) is 6. The fraction of sp³-hybridized carbons (Fsp3) is 0.130. The van der Waals surface area contributed by atoms with Gasteiger partial charge in [0.2, 0.25) is 0 Å². The molecule has 2 heterocycles. The van der Waals surface area contributed by atoms with E-state index in [0.717, 1.165) is 21.3 Å². The Balaban J connectivity index is 1.82. The monoisotopic (exact) mass is 417 g/mol. The molecule has 0 N–H and O–H groups in total. The molecule has 0 radical (unpaired) electrons. The Bertz CT molecular complexity index is 1220. The molecule has 6 nitrogen and oxygen atoms in total. The Kier molecular flexibility index (Phi) is 5.54. The second-order valence-electron chi connectivity index (χ2n) is 6.71. The molecule has 0 unspecified atom stereocenters. The highest BCUT2D eigenvalue weighted by Crippen LogP contribution is 2.32. The first-order valence-electron chi connectivity index (χ1n) is 9.32. The number of fused-ring (bicyclic) bond motifs is 1. The highest BCUT2D eigenvalue weighted by atomic mass is 32.1. The molecule has 0 fully saturated rings. The fourth-order valence-electron chi connectivity index (χ4n) is 3.19. The lowest BCUT2D eigenvalue weighted by Gasteiger charge is -2.21. The summed E-state index contributed by atoms with van der Waals surface area (Å²) in [6.45, 7) is 2.27. The van der Waals surface area contributed by atoms with Crippen LogP contribution in [0.2, 0.25) is 0 Å². The van der Waals surface area contributed by atoms with Crippen molar-refractivity contribution in [3.8, 4) is 0 Å². The molecule has 0 saturated carbocycles. The van der Waals surface area contributed by atoms with E-state index < -0.39 is 5.97 Å². The fourth-order valence-corrected chi connectivity index (χ4v) is 4.23.